The molecule has 2 saturated heterocycles. The van der Waals surface area contributed by atoms with Gasteiger partial charge < -0.3 is 38.0 Å². The highest BCUT2D eigenvalue weighted by molar-refractivity contribution is 6.74. The second kappa shape index (κ2) is 14.8. The molecular formula is C32H52O8Si. The smallest absolute Gasteiger partial charge is 0.192 e. The first-order valence-corrected chi connectivity index (χ1v) is 17.7. The van der Waals surface area contributed by atoms with Gasteiger partial charge in [-0.3, -0.25) is 0 Å². The van der Waals surface area contributed by atoms with E-state index in [-0.39, 0.29) is 29.5 Å². The van der Waals surface area contributed by atoms with Gasteiger partial charge in [-0.15, -0.1) is 0 Å². The van der Waals surface area contributed by atoms with Gasteiger partial charge in [0.15, 0.2) is 8.32 Å². The number of aliphatic hydroxyl groups is 1. The van der Waals surface area contributed by atoms with Crippen molar-refractivity contribution >= 4 is 8.32 Å². The van der Waals surface area contributed by atoms with E-state index in [4.69, 9.17) is 32.8 Å². The molecule has 41 heavy (non-hydrogen) atoms. The average Bonchev–Trinajstić information content (AvgIpc) is 2.93. The molecule has 7 atom stereocenters. The molecule has 9 heteroatoms. The van der Waals surface area contributed by atoms with Gasteiger partial charge in [0.1, 0.15) is 23.6 Å². The Labute approximate surface area is 248 Å². The lowest BCUT2D eigenvalue weighted by atomic mass is 9.84. The molecule has 0 aromatic heterocycles. The first-order chi connectivity index (χ1) is 19.3. The Bertz CT molecular complexity index is 998. The van der Waals surface area contributed by atoms with Crippen molar-refractivity contribution in [2.75, 3.05) is 34.5 Å². The first-order valence-electron chi connectivity index (χ1n) is 14.7. The zero-order valence-electron chi connectivity index (χ0n) is 26.5. The molecule has 2 aliphatic rings. The maximum absolute atomic E-state index is 11.5. The third-order valence-electron chi connectivity index (χ3n) is 8.87. The molecule has 0 saturated carbocycles. The largest absolute Gasteiger partial charge is 0.497 e. The highest BCUT2D eigenvalue weighted by Crippen LogP contribution is 2.43. The van der Waals surface area contributed by atoms with Crippen LogP contribution in [0.4, 0.5) is 0 Å². The summed E-state index contributed by atoms with van der Waals surface area (Å²) in [6.45, 7) is 14.4. The normalized spacial score (nSPS) is 29.9. The van der Waals surface area contributed by atoms with Gasteiger partial charge in [-0.05, 0) is 55.6 Å². The van der Waals surface area contributed by atoms with Crippen LogP contribution in [0.5, 0.6) is 5.75 Å². The van der Waals surface area contributed by atoms with Crippen LogP contribution in [0.3, 0.4) is 0 Å². The molecule has 0 amide bonds. The van der Waals surface area contributed by atoms with Crippen molar-refractivity contribution in [3.8, 4) is 17.6 Å². The van der Waals surface area contributed by atoms with E-state index in [2.05, 4.69) is 45.7 Å². The summed E-state index contributed by atoms with van der Waals surface area (Å²) >= 11 is 0. The highest BCUT2D eigenvalue weighted by atomic mass is 28.4. The van der Waals surface area contributed by atoms with Crippen LogP contribution >= 0.6 is 0 Å². The van der Waals surface area contributed by atoms with E-state index in [0.29, 0.717) is 32.7 Å². The van der Waals surface area contributed by atoms with Crippen molar-refractivity contribution < 1.29 is 38.0 Å². The summed E-state index contributed by atoms with van der Waals surface area (Å²) in [4.78, 5) is 0. The SMILES string of the molecule is COC[C@H]1O[C@@](C)(C(O)C#CC[C@H]2OCCC[C@@H]2OCc2ccc(OC)cc2)[C@H](O[Si](C)(C)C(C)(C)C)C[C@@H]1OC. The number of ether oxygens (including phenoxy) is 6. The standard InChI is InChI=1S/C32H52O8Si/c1-31(2,3)41(8,9)40-30-20-27(36-7)28(22-34-5)39-32(30,4)29(33)14-10-12-25-26(13-11-19-37-25)38-21-23-15-17-24(35-6)18-16-23/h15-18,25-30,33H,11-13,19-22H2,1-9H3/t25-,26+,27+,28-,29?,30-,32+/m1/s1. The summed E-state index contributed by atoms with van der Waals surface area (Å²) in [5.74, 6) is 7.10. The molecule has 2 aliphatic heterocycles. The molecule has 232 valence electrons. The van der Waals surface area contributed by atoms with Crippen molar-refractivity contribution in [1.29, 1.82) is 0 Å². The Morgan fingerprint density at radius 2 is 1.80 bits per heavy atom. The monoisotopic (exact) mass is 592 g/mol. The van der Waals surface area contributed by atoms with Crippen molar-refractivity contribution in [2.45, 2.75) is 120 Å². The third kappa shape index (κ3) is 8.77. The minimum Gasteiger partial charge on any atom is -0.497 e. The average molecular weight is 593 g/mol. The molecule has 0 bridgehead atoms. The van der Waals surface area contributed by atoms with Gasteiger partial charge in [0.2, 0.25) is 0 Å². The quantitative estimate of drug-likeness (QED) is 0.280. The predicted octanol–water partition coefficient (Wildman–Crippen LogP) is 5.11. The number of methoxy groups -OCH3 is 3. The number of hydrogen-bond donors (Lipinski definition) is 1. The lowest BCUT2D eigenvalue weighted by molar-refractivity contribution is -0.251. The number of benzene rings is 1. The van der Waals surface area contributed by atoms with Gasteiger partial charge in [-0.1, -0.05) is 44.7 Å². The minimum absolute atomic E-state index is 0.00433. The summed E-state index contributed by atoms with van der Waals surface area (Å²) in [6.07, 6.45) is 0.636. The van der Waals surface area contributed by atoms with E-state index in [1.54, 1.807) is 21.3 Å². The fraction of sp³-hybridized carbons (Fsp3) is 0.750. The molecule has 1 unspecified atom stereocenters. The molecule has 0 aliphatic carbocycles. The lowest BCUT2D eigenvalue weighted by Gasteiger charge is -2.51. The molecule has 1 N–H and O–H groups in total. The van der Waals surface area contributed by atoms with Crippen molar-refractivity contribution in [3.63, 3.8) is 0 Å². The van der Waals surface area contributed by atoms with E-state index in [1.165, 1.54) is 0 Å². The van der Waals surface area contributed by atoms with E-state index in [1.807, 2.05) is 31.2 Å². The van der Waals surface area contributed by atoms with Gasteiger partial charge in [-0.2, -0.15) is 0 Å². The van der Waals surface area contributed by atoms with Crippen molar-refractivity contribution in [1.82, 2.24) is 0 Å². The van der Waals surface area contributed by atoms with E-state index in [9.17, 15) is 5.11 Å². The molecular weight excluding hydrogens is 540 g/mol. The number of aliphatic hydroxyl groups excluding tert-OH is 1. The van der Waals surface area contributed by atoms with E-state index >= 15 is 0 Å². The van der Waals surface area contributed by atoms with Gasteiger partial charge in [0.05, 0.1) is 44.7 Å². The van der Waals surface area contributed by atoms with Crippen LogP contribution in [0, 0.1) is 11.8 Å². The molecule has 2 fully saturated rings. The molecule has 8 nitrogen and oxygen atoms in total. The summed E-state index contributed by atoms with van der Waals surface area (Å²) in [5, 5.41) is 11.5. The Hall–Kier alpha value is -1.48. The van der Waals surface area contributed by atoms with Crippen LogP contribution < -0.4 is 4.74 Å². The highest BCUT2D eigenvalue weighted by Gasteiger charge is 2.53. The molecule has 0 spiro atoms. The van der Waals surface area contributed by atoms with Crippen molar-refractivity contribution in [2.24, 2.45) is 0 Å². The molecule has 0 radical (unpaired) electrons. The maximum atomic E-state index is 11.5. The molecule has 2 heterocycles. The predicted molar refractivity (Wildman–Crippen MR) is 162 cm³/mol. The third-order valence-corrected chi connectivity index (χ3v) is 13.4. The zero-order chi connectivity index (χ0) is 30.3. The summed E-state index contributed by atoms with van der Waals surface area (Å²) in [6, 6.07) is 7.88. The molecule has 1 aromatic rings. The van der Waals surface area contributed by atoms with Gasteiger partial charge in [0.25, 0.3) is 0 Å². The summed E-state index contributed by atoms with van der Waals surface area (Å²) in [7, 11) is 2.78. The second-order valence-corrected chi connectivity index (χ2v) is 17.6. The maximum Gasteiger partial charge on any atom is 0.192 e. The first kappa shape index (κ1) is 34.0. The lowest BCUT2D eigenvalue weighted by Crippen LogP contribution is -2.64. The topological polar surface area (TPSA) is 84.8 Å². The fourth-order valence-electron chi connectivity index (χ4n) is 5.08. The number of hydrogen-bond acceptors (Lipinski definition) is 8. The van der Waals surface area contributed by atoms with Crippen LogP contribution in [0.2, 0.25) is 18.1 Å². The Morgan fingerprint density at radius 3 is 2.41 bits per heavy atom. The fourth-order valence-corrected chi connectivity index (χ4v) is 6.48. The van der Waals surface area contributed by atoms with Crippen LogP contribution in [-0.2, 0) is 34.7 Å². The molecule has 3 rings (SSSR count). The van der Waals surface area contributed by atoms with Crippen LogP contribution in [0.1, 0.15) is 58.9 Å². The zero-order valence-corrected chi connectivity index (χ0v) is 27.5. The number of rotatable bonds is 11. The Balaban J connectivity index is 1.73. The second-order valence-electron chi connectivity index (χ2n) is 12.8. The van der Waals surface area contributed by atoms with E-state index in [0.717, 1.165) is 24.2 Å². The van der Waals surface area contributed by atoms with Crippen LogP contribution in [0.15, 0.2) is 24.3 Å². The van der Waals surface area contributed by atoms with Gasteiger partial charge in [-0.25, -0.2) is 0 Å². The Kier molecular flexibility index (Phi) is 12.3. The summed E-state index contributed by atoms with van der Waals surface area (Å²) < 4.78 is 42.2. The van der Waals surface area contributed by atoms with Gasteiger partial charge >= 0.3 is 0 Å². The van der Waals surface area contributed by atoms with E-state index < -0.39 is 26.1 Å². The van der Waals surface area contributed by atoms with Gasteiger partial charge in [0, 0.05) is 33.7 Å². The Morgan fingerprint density at radius 1 is 1.10 bits per heavy atom. The van der Waals surface area contributed by atoms with Crippen LogP contribution in [-0.4, -0.2) is 90.2 Å². The summed E-state index contributed by atoms with van der Waals surface area (Å²) in [5.41, 5.74) is 0.0186. The van der Waals surface area contributed by atoms with Crippen molar-refractivity contribution in [3.05, 3.63) is 29.8 Å². The molecule has 1 aromatic carbocycles. The minimum atomic E-state index is -2.19. The van der Waals surface area contributed by atoms with Crippen LogP contribution in [0.25, 0.3) is 0 Å².